The summed E-state index contributed by atoms with van der Waals surface area (Å²) in [7, 11) is 1.31. The van der Waals surface area contributed by atoms with Gasteiger partial charge < -0.3 is 19.5 Å². The second-order valence-corrected chi connectivity index (χ2v) is 7.19. The predicted molar refractivity (Wildman–Crippen MR) is 122 cm³/mol. The van der Waals surface area contributed by atoms with Crippen LogP contribution in [0.1, 0.15) is 40.0 Å². The summed E-state index contributed by atoms with van der Waals surface area (Å²) in [5, 5.41) is 9.80. The summed E-state index contributed by atoms with van der Waals surface area (Å²) < 4.78 is 10.1. The summed E-state index contributed by atoms with van der Waals surface area (Å²) in [6.45, 7) is 1.72. The summed E-state index contributed by atoms with van der Waals surface area (Å²) in [5.41, 5.74) is 3.37. The molecule has 0 unspecified atom stereocenters. The minimum atomic E-state index is -0.520. The monoisotopic (exact) mass is 433 g/mol. The van der Waals surface area contributed by atoms with Crippen LogP contribution in [0.25, 0.3) is 0 Å². The van der Waals surface area contributed by atoms with Crippen LogP contribution in [0.15, 0.2) is 78.9 Å². The smallest absolute Gasteiger partial charge is 0.337 e. The molecule has 0 heterocycles. The van der Waals surface area contributed by atoms with Gasteiger partial charge in [-0.25, -0.2) is 4.79 Å². The summed E-state index contributed by atoms with van der Waals surface area (Å²) in [6, 6.07) is 24.3. The van der Waals surface area contributed by atoms with Crippen LogP contribution in [-0.2, 0) is 20.9 Å². The van der Waals surface area contributed by atoms with E-state index in [-0.39, 0.29) is 25.8 Å². The lowest BCUT2D eigenvalue weighted by Gasteiger charge is -2.34. The number of esters is 2. The van der Waals surface area contributed by atoms with E-state index in [9.17, 15) is 14.7 Å². The van der Waals surface area contributed by atoms with Crippen LogP contribution in [0.5, 0.6) is 0 Å². The number of aliphatic hydroxyl groups excluding tert-OH is 1. The van der Waals surface area contributed by atoms with E-state index in [4.69, 9.17) is 9.47 Å². The Balaban J connectivity index is 2.20. The van der Waals surface area contributed by atoms with Crippen molar-refractivity contribution in [2.24, 2.45) is 0 Å². The molecule has 0 atom stereocenters. The van der Waals surface area contributed by atoms with Crippen molar-refractivity contribution in [3.63, 3.8) is 0 Å². The average molecular weight is 434 g/mol. The Bertz CT molecular complexity index is 997. The maximum atomic E-state index is 12.6. The van der Waals surface area contributed by atoms with E-state index in [0.717, 1.165) is 11.1 Å². The Hall–Kier alpha value is -3.64. The summed E-state index contributed by atoms with van der Waals surface area (Å²) >= 11 is 0. The molecular formula is C26H27NO5. The molecule has 0 aliphatic rings. The Morgan fingerprint density at radius 2 is 1.53 bits per heavy atom. The minimum absolute atomic E-state index is 0.0439. The summed E-state index contributed by atoms with van der Waals surface area (Å²) in [5.74, 6) is -0.910. The first kappa shape index (κ1) is 23.0. The summed E-state index contributed by atoms with van der Waals surface area (Å²) in [4.78, 5) is 26.8. The molecule has 0 bridgehead atoms. The van der Waals surface area contributed by atoms with Crippen LogP contribution in [0.3, 0.4) is 0 Å². The van der Waals surface area contributed by atoms with Crippen molar-refractivity contribution in [2.45, 2.75) is 19.6 Å². The van der Waals surface area contributed by atoms with Crippen molar-refractivity contribution in [1.82, 2.24) is 0 Å². The highest BCUT2D eigenvalue weighted by molar-refractivity contribution is 5.91. The first-order chi connectivity index (χ1) is 15.6. The largest absolute Gasteiger partial charge is 0.465 e. The Kier molecular flexibility index (Phi) is 8.00. The van der Waals surface area contributed by atoms with Gasteiger partial charge in [0.25, 0.3) is 0 Å². The van der Waals surface area contributed by atoms with E-state index < -0.39 is 11.9 Å². The molecule has 6 heteroatoms. The van der Waals surface area contributed by atoms with Crippen molar-refractivity contribution in [2.75, 3.05) is 25.2 Å². The van der Waals surface area contributed by atoms with Crippen LogP contribution in [0.2, 0.25) is 0 Å². The zero-order valence-electron chi connectivity index (χ0n) is 18.2. The number of methoxy groups -OCH3 is 1. The van der Waals surface area contributed by atoms with Crippen molar-refractivity contribution >= 4 is 17.6 Å². The summed E-state index contributed by atoms with van der Waals surface area (Å²) in [6.07, 6.45) is 0. The third-order valence-corrected chi connectivity index (χ3v) is 5.06. The number of hydrogen-bond donors (Lipinski definition) is 1. The van der Waals surface area contributed by atoms with E-state index in [1.54, 1.807) is 25.1 Å². The fraction of sp³-hybridized carbons (Fsp3) is 0.231. The molecule has 0 radical (unpaired) electrons. The molecule has 0 saturated carbocycles. The lowest BCUT2D eigenvalue weighted by molar-refractivity contribution is -0.141. The van der Waals surface area contributed by atoms with E-state index >= 15 is 0 Å². The number of carbonyl (C=O) groups is 2. The molecule has 0 aliphatic carbocycles. The van der Waals surface area contributed by atoms with Crippen molar-refractivity contribution in [3.05, 3.63) is 101 Å². The van der Waals surface area contributed by atoms with Gasteiger partial charge in [-0.3, -0.25) is 4.79 Å². The van der Waals surface area contributed by atoms with Gasteiger partial charge in [-0.1, -0.05) is 60.7 Å². The maximum Gasteiger partial charge on any atom is 0.337 e. The topological polar surface area (TPSA) is 76.1 Å². The van der Waals surface area contributed by atoms with Crippen LogP contribution >= 0.6 is 0 Å². The lowest BCUT2D eigenvalue weighted by Crippen LogP contribution is -2.35. The molecule has 6 nitrogen and oxygen atoms in total. The molecule has 3 aromatic rings. The molecule has 166 valence electrons. The zero-order valence-corrected chi connectivity index (χ0v) is 18.2. The van der Waals surface area contributed by atoms with Gasteiger partial charge in [-0.05, 0) is 41.8 Å². The predicted octanol–water partition coefficient (Wildman–Crippen LogP) is 4.12. The van der Waals surface area contributed by atoms with Crippen LogP contribution < -0.4 is 4.90 Å². The number of hydrogen-bond acceptors (Lipinski definition) is 6. The fourth-order valence-electron chi connectivity index (χ4n) is 3.67. The molecular weight excluding hydrogens is 406 g/mol. The average Bonchev–Trinajstić information content (AvgIpc) is 2.84. The van der Waals surface area contributed by atoms with Crippen molar-refractivity contribution in [3.8, 4) is 0 Å². The number of benzene rings is 3. The molecule has 0 amide bonds. The molecule has 1 N–H and O–H groups in total. The van der Waals surface area contributed by atoms with E-state index in [0.29, 0.717) is 16.8 Å². The number of ether oxygens (including phenoxy) is 2. The Morgan fingerprint density at radius 3 is 2.03 bits per heavy atom. The number of aliphatic hydroxyl groups is 1. The normalized spacial score (nSPS) is 10.6. The molecule has 0 aromatic heterocycles. The lowest BCUT2D eigenvalue weighted by atomic mass is 9.95. The maximum absolute atomic E-state index is 12.6. The molecule has 0 aliphatic heterocycles. The highest BCUT2D eigenvalue weighted by Crippen LogP contribution is 2.34. The highest BCUT2D eigenvalue weighted by atomic mass is 16.5. The van der Waals surface area contributed by atoms with Crippen molar-refractivity contribution in [1.29, 1.82) is 0 Å². The molecule has 0 saturated heterocycles. The van der Waals surface area contributed by atoms with Crippen molar-refractivity contribution < 1.29 is 24.2 Å². The van der Waals surface area contributed by atoms with Gasteiger partial charge in [-0.2, -0.15) is 0 Å². The van der Waals surface area contributed by atoms with Gasteiger partial charge in [-0.15, -0.1) is 0 Å². The van der Waals surface area contributed by atoms with E-state index in [1.807, 2.05) is 65.6 Å². The van der Waals surface area contributed by atoms with Gasteiger partial charge in [0.05, 0.1) is 31.9 Å². The van der Waals surface area contributed by atoms with E-state index in [1.165, 1.54) is 7.11 Å². The second-order valence-electron chi connectivity index (χ2n) is 7.19. The third kappa shape index (κ3) is 5.53. The first-order valence-corrected chi connectivity index (χ1v) is 10.4. The van der Waals surface area contributed by atoms with Gasteiger partial charge >= 0.3 is 11.9 Å². The van der Waals surface area contributed by atoms with Crippen LogP contribution in [0.4, 0.5) is 5.69 Å². The Morgan fingerprint density at radius 1 is 0.938 bits per heavy atom. The molecule has 3 rings (SSSR count). The second kappa shape index (κ2) is 11.1. The van der Waals surface area contributed by atoms with Gasteiger partial charge in [0.15, 0.2) is 0 Å². The molecule has 0 spiro atoms. The third-order valence-electron chi connectivity index (χ3n) is 5.06. The molecule has 32 heavy (non-hydrogen) atoms. The Labute approximate surface area is 188 Å². The van der Waals surface area contributed by atoms with Gasteiger partial charge in [0, 0.05) is 5.69 Å². The number of carbonyl (C=O) groups excluding carboxylic acids is 2. The minimum Gasteiger partial charge on any atom is -0.465 e. The molecule has 0 fully saturated rings. The van der Waals surface area contributed by atoms with Crippen LogP contribution in [0, 0.1) is 0 Å². The number of anilines is 1. The zero-order chi connectivity index (χ0) is 22.9. The van der Waals surface area contributed by atoms with Gasteiger partial charge in [0.2, 0.25) is 0 Å². The van der Waals surface area contributed by atoms with Gasteiger partial charge in [0.1, 0.15) is 6.54 Å². The first-order valence-electron chi connectivity index (χ1n) is 10.4. The SMILES string of the molecule is CCOC(=O)CN(c1cc(CO)cc(C(=O)OC)c1)C(c1ccccc1)c1ccccc1. The quantitative estimate of drug-likeness (QED) is 0.512. The van der Waals surface area contributed by atoms with E-state index in [2.05, 4.69) is 0 Å². The number of rotatable bonds is 9. The highest BCUT2D eigenvalue weighted by Gasteiger charge is 2.26. The fourth-order valence-corrected chi connectivity index (χ4v) is 3.67. The standard InChI is InChI=1S/C26H27NO5/c1-3-32-24(29)17-27(23-15-19(18-28)14-22(16-23)26(30)31-2)25(20-10-6-4-7-11-20)21-12-8-5-9-13-21/h4-16,25,28H,3,17-18H2,1-2H3. The number of nitrogens with zero attached hydrogens (tertiary/aromatic N) is 1. The van der Waals surface area contributed by atoms with Crippen LogP contribution in [-0.4, -0.2) is 37.3 Å². The molecule has 3 aromatic carbocycles.